The van der Waals surface area contributed by atoms with Gasteiger partial charge in [0.15, 0.2) is 6.61 Å². The summed E-state index contributed by atoms with van der Waals surface area (Å²) in [5, 5.41) is 0. The maximum absolute atomic E-state index is 11.8. The van der Waals surface area contributed by atoms with Gasteiger partial charge in [-0.15, -0.1) is 0 Å². The average Bonchev–Trinajstić information content (AvgIpc) is 2.30. The van der Waals surface area contributed by atoms with Crippen LogP contribution in [0.2, 0.25) is 0 Å². The smallest absolute Gasteiger partial charge is 0.265 e. The summed E-state index contributed by atoms with van der Waals surface area (Å²) >= 11 is 2.17. The molecular formula is C12H14INO4S. The molecule has 0 fully saturated rings. The van der Waals surface area contributed by atoms with Crippen molar-refractivity contribution in [1.29, 1.82) is 0 Å². The molecule has 1 aromatic rings. The normalized spacial score (nSPS) is 15.1. The first-order chi connectivity index (χ1) is 8.87. The minimum atomic E-state index is -3.00. The second kappa shape index (κ2) is 5.66. The molecule has 1 aliphatic heterocycles. The Balaban J connectivity index is 2.14. The van der Waals surface area contributed by atoms with E-state index < -0.39 is 9.84 Å². The number of benzene rings is 1. The zero-order valence-electron chi connectivity index (χ0n) is 10.4. The SMILES string of the molecule is CS(=O)(=O)CCCN1C(=O)COc2cc(I)ccc21. The Bertz CT molecular complexity index is 600. The van der Waals surface area contributed by atoms with Gasteiger partial charge in [-0.1, -0.05) is 0 Å². The van der Waals surface area contributed by atoms with Crippen LogP contribution in [0.5, 0.6) is 5.75 Å². The number of hydrogen-bond acceptors (Lipinski definition) is 4. The summed E-state index contributed by atoms with van der Waals surface area (Å²) in [5.74, 6) is 0.616. The molecule has 0 saturated carbocycles. The van der Waals surface area contributed by atoms with Crippen LogP contribution in [0.15, 0.2) is 18.2 Å². The highest BCUT2D eigenvalue weighted by Crippen LogP contribution is 2.33. The molecule has 104 valence electrons. The van der Waals surface area contributed by atoms with E-state index in [0.29, 0.717) is 24.4 Å². The molecule has 1 aromatic carbocycles. The molecule has 1 heterocycles. The first kappa shape index (κ1) is 14.6. The second-order valence-corrected chi connectivity index (χ2v) is 7.93. The lowest BCUT2D eigenvalue weighted by molar-refractivity contribution is -0.121. The summed E-state index contributed by atoms with van der Waals surface area (Å²) in [6.07, 6.45) is 1.63. The fourth-order valence-corrected chi connectivity index (χ4v) is 3.02. The molecule has 0 aromatic heterocycles. The molecule has 0 N–H and O–H groups in total. The van der Waals surface area contributed by atoms with Gasteiger partial charge in [0.25, 0.3) is 5.91 Å². The number of carbonyl (C=O) groups excluding carboxylic acids is 1. The van der Waals surface area contributed by atoms with Gasteiger partial charge < -0.3 is 9.64 Å². The highest BCUT2D eigenvalue weighted by Gasteiger charge is 2.25. The summed E-state index contributed by atoms with van der Waals surface area (Å²) in [6, 6.07) is 5.59. The predicted molar refractivity (Wildman–Crippen MR) is 81.3 cm³/mol. The number of nitrogens with zero attached hydrogens (tertiary/aromatic N) is 1. The summed E-state index contributed by atoms with van der Waals surface area (Å²) in [4.78, 5) is 13.4. The van der Waals surface area contributed by atoms with Crippen molar-refractivity contribution in [3.63, 3.8) is 0 Å². The number of anilines is 1. The maximum atomic E-state index is 11.8. The summed E-state index contributed by atoms with van der Waals surface area (Å²) in [6.45, 7) is 0.398. The van der Waals surface area contributed by atoms with Crippen LogP contribution in [-0.2, 0) is 14.6 Å². The molecule has 0 unspecified atom stereocenters. The lowest BCUT2D eigenvalue weighted by Crippen LogP contribution is -2.39. The zero-order valence-corrected chi connectivity index (χ0v) is 13.4. The van der Waals surface area contributed by atoms with Crippen LogP contribution in [-0.4, -0.2) is 39.5 Å². The van der Waals surface area contributed by atoms with Gasteiger partial charge in [-0.05, 0) is 47.2 Å². The van der Waals surface area contributed by atoms with Crippen molar-refractivity contribution < 1.29 is 17.9 Å². The molecule has 1 amide bonds. The first-order valence-corrected chi connectivity index (χ1v) is 8.91. The molecule has 0 atom stereocenters. The van der Waals surface area contributed by atoms with E-state index in [1.807, 2.05) is 18.2 Å². The Morgan fingerprint density at radius 2 is 2.16 bits per heavy atom. The van der Waals surface area contributed by atoms with Crippen molar-refractivity contribution in [3.8, 4) is 5.75 Å². The standard InChI is InChI=1S/C12H14INO4S/c1-19(16,17)6-2-5-14-10-4-3-9(13)7-11(10)18-8-12(14)15/h3-4,7H,2,5-6,8H2,1H3. The van der Waals surface area contributed by atoms with E-state index in [1.165, 1.54) is 6.26 Å². The van der Waals surface area contributed by atoms with E-state index in [1.54, 1.807) is 4.90 Å². The number of fused-ring (bicyclic) bond motifs is 1. The van der Waals surface area contributed by atoms with Crippen molar-refractivity contribution in [2.75, 3.05) is 30.1 Å². The molecule has 0 spiro atoms. The number of carbonyl (C=O) groups is 1. The van der Waals surface area contributed by atoms with Crippen molar-refractivity contribution >= 4 is 44.0 Å². The third kappa shape index (κ3) is 3.82. The van der Waals surface area contributed by atoms with Gasteiger partial charge in [-0.2, -0.15) is 0 Å². The van der Waals surface area contributed by atoms with Crippen LogP contribution in [0, 0.1) is 3.57 Å². The number of ether oxygens (including phenoxy) is 1. The van der Waals surface area contributed by atoms with Gasteiger partial charge in [-0.25, -0.2) is 8.42 Å². The fraction of sp³-hybridized carbons (Fsp3) is 0.417. The van der Waals surface area contributed by atoms with Gasteiger partial charge in [0, 0.05) is 16.4 Å². The van der Waals surface area contributed by atoms with Crippen molar-refractivity contribution in [2.45, 2.75) is 6.42 Å². The summed E-state index contributed by atoms with van der Waals surface area (Å²) < 4.78 is 28.6. The van der Waals surface area contributed by atoms with Gasteiger partial charge in [-0.3, -0.25) is 4.79 Å². The van der Waals surface area contributed by atoms with Crippen molar-refractivity contribution in [2.24, 2.45) is 0 Å². The van der Waals surface area contributed by atoms with E-state index in [4.69, 9.17) is 4.74 Å². The third-order valence-electron chi connectivity index (χ3n) is 2.76. The number of halogens is 1. The minimum Gasteiger partial charge on any atom is -0.482 e. The van der Waals surface area contributed by atoms with Crippen LogP contribution < -0.4 is 9.64 Å². The zero-order chi connectivity index (χ0) is 14.0. The number of sulfone groups is 1. The van der Waals surface area contributed by atoms with E-state index in [2.05, 4.69) is 22.6 Å². The molecule has 0 radical (unpaired) electrons. The molecule has 7 heteroatoms. The topological polar surface area (TPSA) is 63.7 Å². The molecular weight excluding hydrogens is 381 g/mol. The molecule has 0 saturated heterocycles. The Morgan fingerprint density at radius 3 is 2.84 bits per heavy atom. The van der Waals surface area contributed by atoms with Crippen LogP contribution >= 0.6 is 22.6 Å². The van der Waals surface area contributed by atoms with Crippen LogP contribution in [0.4, 0.5) is 5.69 Å². The highest BCUT2D eigenvalue weighted by molar-refractivity contribution is 14.1. The van der Waals surface area contributed by atoms with Gasteiger partial charge in [0.2, 0.25) is 0 Å². The van der Waals surface area contributed by atoms with Crippen LogP contribution in [0.1, 0.15) is 6.42 Å². The molecule has 0 aliphatic carbocycles. The maximum Gasteiger partial charge on any atom is 0.265 e. The Kier molecular flexibility index (Phi) is 4.34. The summed E-state index contributed by atoms with van der Waals surface area (Å²) in [7, 11) is -3.00. The van der Waals surface area contributed by atoms with E-state index in [-0.39, 0.29) is 18.3 Å². The molecule has 1 aliphatic rings. The highest BCUT2D eigenvalue weighted by atomic mass is 127. The van der Waals surface area contributed by atoms with E-state index in [9.17, 15) is 13.2 Å². The molecule has 5 nitrogen and oxygen atoms in total. The van der Waals surface area contributed by atoms with Crippen molar-refractivity contribution in [3.05, 3.63) is 21.8 Å². The molecule has 2 rings (SSSR count). The van der Waals surface area contributed by atoms with Gasteiger partial charge in [0.05, 0.1) is 11.4 Å². The third-order valence-corrected chi connectivity index (χ3v) is 4.46. The number of amides is 1. The second-order valence-electron chi connectivity index (χ2n) is 4.43. The van der Waals surface area contributed by atoms with E-state index >= 15 is 0 Å². The number of hydrogen-bond donors (Lipinski definition) is 0. The minimum absolute atomic E-state index is 0.00592. The van der Waals surface area contributed by atoms with Crippen LogP contribution in [0.25, 0.3) is 0 Å². The fourth-order valence-electron chi connectivity index (χ4n) is 1.91. The largest absolute Gasteiger partial charge is 0.482 e. The molecule has 0 bridgehead atoms. The first-order valence-electron chi connectivity index (χ1n) is 5.77. The average molecular weight is 395 g/mol. The Hall–Kier alpha value is -0.830. The van der Waals surface area contributed by atoms with Crippen molar-refractivity contribution in [1.82, 2.24) is 0 Å². The van der Waals surface area contributed by atoms with Gasteiger partial charge >= 0.3 is 0 Å². The predicted octanol–water partition coefficient (Wildman–Crippen LogP) is 1.45. The quantitative estimate of drug-likeness (QED) is 0.725. The number of rotatable bonds is 4. The lowest BCUT2D eigenvalue weighted by Gasteiger charge is -2.29. The van der Waals surface area contributed by atoms with Crippen LogP contribution in [0.3, 0.4) is 0 Å². The van der Waals surface area contributed by atoms with E-state index in [0.717, 1.165) is 3.57 Å². The molecule has 19 heavy (non-hydrogen) atoms. The van der Waals surface area contributed by atoms with Gasteiger partial charge in [0.1, 0.15) is 15.6 Å². The monoisotopic (exact) mass is 395 g/mol. The summed E-state index contributed by atoms with van der Waals surface area (Å²) in [5.41, 5.74) is 0.713. The Morgan fingerprint density at radius 1 is 1.42 bits per heavy atom. The lowest BCUT2D eigenvalue weighted by atomic mass is 10.2. The Labute approximate surface area is 126 Å².